The molecule has 0 atom stereocenters. The van der Waals surface area contributed by atoms with Gasteiger partial charge < -0.3 is 9.88 Å². The Morgan fingerprint density at radius 2 is 1.97 bits per heavy atom. The number of allylic oxidation sites excluding steroid dienone is 1. The molecular formula is C22H33N5O3. The zero-order chi connectivity index (χ0) is 21.5. The van der Waals surface area contributed by atoms with Crippen LogP contribution in [0.3, 0.4) is 0 Å². The minimum Gasteiger partial charge on any atom is -0.354 e. The first-order chi connectivity index (χ1) is 14.6. The van der Waals surface area contributed by atoms with E-state index in [-0.39, 0.29) is 12.5 Å². The van der Waals surface area contributed by atoms with Gasteiger partial charge in [-0.25, -0.2) is 14.3 Å². The van der Waals surface area contributed by atoms with Crippen molar-refractivity contribution in [3.63, 3.8) is 0 Å². The molecule has 3 rings (SSSR count). The Labute approximate surface area is 176 Å². The summed E-state index contributed by atoms with van der Waals surface area (Å²) in [5, 5.41) is 2.87. The Balaban J connectivity index is 1.82. The summed E-state index contributed by atoms with van der Waals surface area (Å²) >= 11 is 0. The van der Waals surface area contributed by atoms with Gasteiger partial charge in [-0.3, -0.25) is 14.2 Å². The highest BCUT2D eigenvalue weighted by Crippen LogP contribution is 2.19. The van der Waals surface area contributed by atoms with E-state index in [1.54, 1.807) is 10.9 Å². The third-order valence-corrected chi connectivity index (χ3v) is 5.64. The van der Waals surface area contributed by atoms with E-state index in [1.165, 1.54) is 23.0 Å². The zero-order valence-electron chi connectivity index (χ0n) is 18.2. The number of fused-ring (bicyclic) bond motifs is 1. The zero-order valence-corrected chi connectivity index (χ0v) is 18.2. The molecule has 1 aliphatic rings. The molecule has 0 fully saturated rings. The number of hydrogen-bond acceptors (Lipinski definition) is 4. The molecule has 0 aromatic carbocycles. The predicted molar refractivity (Wildman–Crippen MR) is 118 cm³/mol. The van der Waals surface area contributed by atoms with Crippen LogP contribution >= 0.6 is 0 Å². The van der Waals surface area contributed by atoms with Crippen molar-refractivity contribution in [2.75, 3.05) is 6.54 Å². The first-order valence-electron chi connectivity index (χ1n) is 11.2. The standard InChI is InChI=1S/C22H33N5O3/c1-3-5-14-25-16-24-20-19(25)21(29)27(22(30)26(20)13-4-2)15-18(28)23-12-11-17-9-7-6-8-10-17/h9,16H,3-8,10-15H2,1-2H3,(H,23,28). The number of hydrogen-bond donors (Lipinski definition) is 1. The lowest BCUT2D eigenvalue weighted by Crippen LogP contribution is -2.44. The highest BCUT2D eigenvalue weighted by atomic mass is 16.2. The molecule has 2 heterocycles. The summed E-state index contributed by atoms with van der Waals surface area (Å²) in [6, 6.07) is 0. The van der Waals surface area contributed by atoms with Crippen LogP contribution < -0.4 is 16.6 Å². The number of carbonyl (C=O) groups is 1. The maximum absolute atomic E-state index is 13.1. The van der Waals surface area contributed by atoms with E-state index in [4.69, 9.17) is 0 Å². The Bertz CT molecular complexity index is 1030. The summed E-state index contributed by atoms with van der Waals surface area (Å²) in [5.74, 6) is -0.312. The van der Waals surface area contributed by atoms with Crippen LogP contribution in [0.5, 0.6) is 0 Å². The van der Waals surface area contributed by atoms with Crippen LogP contribution in [-0.2, 0) is 24.4 Å². The SMILES string of the molecule is CCCCn1cnc2c1c(=O)n(CC(=O)NCCC1=CCCCC1)c(=O)n2CCC. The van der Waals surface area contributed by atoms with E-state index >= 15 is 0 Å². The molecule has 2 aromatic rings. The minimum atomic E-state index is -0.472. The average molecular weight is 416 g/mol. The third kappa shape index (κ3) is 4.91. The number of aryl methyl sites for hydroxylation is 2. The van der Waals surface area contributed by atoms with Gasteiger partial charge in [-0.1, -0.05) is 31.9 Å². The first-order valence-corrected chi connectivity index (χ1v) is 11.2. The Kier molecular flexibility index (Phi) is 7.65. The lowest BCUT2D eigenvalue weighted by atomic mass is 9.97. The number of aromatic nitrogens is 4. The van der Waals surface area contributed by atoms with Crippen molar-refractivity contribution in [3.05, 3.63) is 38.8 Å². The number of unbranched alkanes of at least 4 members (excludes halogenated alkanes) is 1. The highest BCUT2D eigenvalue weighted by molar-refractivity contribution is 5.76. The van der Waals surface area contributed by atoms with Crippen LogP contribution in [0.15, 0.2) is 27.6 Å². The summed E-state index contributed by atoms with van der Waals surface area (Å²) in [7, 11) is 0. The van der Waals surface area contributed by atoms with Gasteiger partial charge in [-0.05, 0) is 44.9 Å². The molecule has 1 amide bonds. The van der Waals surface area contributed by atoms with Crippen molar-refractivity contribution in [1.29, 1.82) is 0 Å². The van der Waals surface area contributed by atoms with Crippen molar-refractivity contribution in [2.45, 2.75) is 84.8 Å². The lowest BCUT2D eigenvalue weighted by Gasteiger charge is -2.14. The maximum atomic E-state index is 13.1. The average Bonchev–Trinajstić information content (AvgIpc) is 3.17. The summed E-state index contributed by atoms with van der Waals surface area (Å²) < 4.78 is 4.37. The Morgan fingerprint density at radius 1 is 1.13 bits per heavy atom. The number of nitrogens with zero attached hydrogens (tertiary/aromatic N) is 4. The quantitative estimate of drug-likeness (QED) is 0.604. The third-order valence-electron chi connectivity index (χ3n) is 5.64. The van der Waals surface area contributed by atoms with Crippen LogP contribution in [0.25, 0.3) is 11.2 Å². The second-order valence-electron chi connectivity index (χ2n) is 8.00. The summed E-state index contributed by atoms with van der Waals surface area (Å²) in [5.41, 5.74) is 1.27. The largest absolute Gasteiger partial charge is 0.354 e. The smallest absolute Gasteiger partial charge is 0.333 e. The number of nitrogens with one attached hydrogen (secondary N) is 1. The summed E-state index contributed by atoms with van der Waals surface area (Å²) in [4.78, 5) is 42.9. The summed E-state index contributed by atoms with van der Waals surface area (Å²) in [6.07, 6.45) is 12.0. The van der Waals surface area contributed by atoms with E-state index in [2.05, 4.69) is 23.3 Å². The number of rotatable bonds is 10. The summed E-state index contributed by atoms with van der Waals surface area (Å²) in [6.45, 7) is 5.42. The van der Waals surface area contributed by atoms with E-state index in [9.17, 15) is 14.4 Å². The van der Waals surface area contributed by atoms with Crippen LogP contribution in [0.1, 0.15) is 65.2 Å². The molecule has 30 heavy (non-hydrogen) atoms. The molecule has 1 N–H and O–H groups in total. The van der Waals surface area contributed by atoms with Crippen LogP contribution in [0, 0.1) is 0 Å². The van der Waals surface area contributed by atoms with E-state index < -0.39 is 11.2 Å². The minimum absolute atomic E-state index is 0.269. The Hall–Kier alpha value is -2.64. The molecular weight excluding hydrogens is 382 g/mol. The second kappa shape index (κ2) is 10.4. The topological polar surface area (TPSA) is 90.9 Å². The Morgan fingerprint density at radius 3 is 2.67 bits per heavy atom. The molecule has 2 aromatic heterocycles. The maximum Gasteiger partial charge on any atom is 0.333 e. The van der Waals surface area contributed by atoms with Gasteiger partial charge in [0.2, 0.25) is 5.91 Å². The monoisotopic (exact) mass is 415 g/mol. The molecule has 0 saturated heterocycles. The molecule has 0 aliphatic heterocycles. The second-order valence-corrected chi connectivity index (χ2v) is 8.00. The van der Waals surface area contributed by atoms with Gasteiger partial charge in [0.25, 0.3) is 5.56 Å². The molecule has 8 nitrogen and oxygen atoms in total. The van der Waals surface area contributed by atoms with Crippen molar-refractivity contribution < 1.29 is 4.79 Å². The van der Waals surface area contributed by atoms with E-state index in [0.29, 0.717) is 30.8 Å². The van der Waals surface area contributed by atoms with Gasteiger partial charge in [0.1, 0.15) is 6.54 Å². The number of carbonyl (C=O) groups excluding carboxylic acids is 1. The van der Waals surface area contributed by atoms with Crippen molar-refractivity contribution in [1.82, 2.24) is 24.0 Å². The fraction of sp³-hybridized carbons (Fsp3) is 0.636. The molecule has 1 aliphatic carbocycles. The van der Waals surface area contributed by atoms with Gasteiger partial charge in [0, 0.05) is 19.6 Å². The van der Waals surface area contributed by atoms with Crippen LogP contribution in [0.2, 0.25) is 0 Å². The van der Waals surface area contributed by atoms with Gasteiger partial charge >= 0.3 is 5.69 Å². The first kappa shape index (κ1) is 22.1. The molecule has 0 bridgehead atoms. The molecule has 0 spiro atoms. The normalized spacial score (nSPS) is 14.1. The van der Waals surface area contributed by atoms with Gasteiger partial charge in [0.05, 0.1) is 6.33 Å². The number of imidazole rings is 1. The van der Waals surface area contributed by atoms with E-state index in [1.807, 2.05) is 6.92 Å². The van der Waals surface area contributed by atoms with Crippen LogP contribution in [-0.4, -0.2) is 31.1 Å². The molecule has 0 unspecified atom stereocenters. The highest BCUT2D eigenvalue weighted by Gasteiger charge is 2.19. The fourth-order valence-electron chi connectivity index (χ4n) is 4.00. The van der Waals surface area contributed by atoms with Crippen molar-refractivity contribution in [3.8, 4) is 0 Å². The van der Waals surface area contributed by atoms with E-state index in [0.717, 1.165) is 43.1 Å². The lowest BCUT2D eigenvalue weighted by molar-refractivity contribution is -0.121. The number of amides is 1. The van der Waals surface area contributed by atoms with Crippen molar-refractivity contribution >= 4 is 17.1 Å². The fourth-order valence-corrected chi connectivity index (χ4v) is 4.00. The molecule has 164 valence electrons. The van der Waals surface area contributed by atoms with Crippen molar-refractivity contribution in [2.24, 2.45) is 0 Å². The van der Waals surface area contributed by atoms with Gasteiger partial charge in [-0.15, -0.1) is 0 Å². The van der Waals surface area contributed by atoms with Gasteiger partial charge in [-0.2, -0.15) is 0 Å². The van der Waals surface area contributed by atoms with Crippen LogP contribution in [0.4, 0.5) is 0 Å². The molecule has 0 radical (unpaired) electrons. The predicted octanol–water partition coefficient (Wildman–Crippen LogP) is 2.58. The molecule has 8 heteroatoms. The van der Waals surface area contributed by atoms with Gasteiger partial charge in [0.15, 0.2) is 11.2 Å². The molecule has 0 saturated carbocycles.